The molecule has 1 aromatic rings. The van der Waals surface area contributed by atoms with Gasteiger partial charge in [-0.25, -0.2) is 0 Å². The van der Waals surface area contributed by atoms with E-state index in [0.717, 1.165) is 5.69 Å². The van der Waals surface area contributed by atoms with E-state index in [9.17, 15) is 0 Å². The molecule has 0 fully saturated rings. The second kappa shape index (κ2) is 3.72. The Hall–Kier alpha value is -1.56. The van der Waals surface area contributed by atoms with Crippen LogP contribution in [0.3, 0.4) is 0 Å². The van der Waals surface area contributed by atoms with E-state index in [1.54, 1.807) is 19.2 Å². The van der Waals surface area contributed by atoms with Crippen LogP contribution < -0.4 is 4.74 Å². The molecule has 0 N–H and O–H groups in total. The summed E-state index contributed by atoms with van der Waals surface area (Å²) < 4.78 is 5.19. The molecule has 0 radical (unpaired) electrons. The van der Waals surface area contributed by atoms with Gasteiger partial charge in [-0.15, -0.1) is 0 Å². The summed E-state index contributed by atoms with van der Waals surface area (Å²) in [6.07, 6.45) is 1.19. The maximum absolute atomic E-state index is 8.46. The van der Waals surface area contributed by atoms with Crippen molar-refractivity contribution in [3.63, 3.8) is 0 Å². The lowest BCUT2D eigenvalue weighted by molar-refractivity contribution is 0.275. The van der Waals surface area contributed by atoms with Crippen molar-refractivity contribution >= 4 is 0 Å². The fourth-order valence-corrected chi connectivity index (χ4v) is 0.754. The second-order valence-electron chi connectivity index (χ2n) is 2.52. The molecule has 0 spiro atoms. The molecule has 0 saturated carbocycles. The van der Waals surface area contributed by atoms with Crippen molar-refractivity contribution in [1.29, 1.82) is 5.26 Å². The maximum Gasteiger partial charge on any atom is 0.181 e. The van der Waals surface area contributed by atoms with E-state index in [1.807, 2.05) is 19.1 Å². The molecular weight excluding hydrogens is 152 g/mol. The number of nitriles is 1. The monoisotopic (exact) mass is 162 g/mol. The molecule has 3 nitrogen and oxygen atoms in total. The van der Waals surface area contributed by atoms with E-state index in [2.05, 4.69) is 4.98 Å². The lowest BCUT2D eigenvalue weighted by atomic mass is 10.3. The smallest absolute Gasteiger partial charge is 0.181 e. The standard InChI is InChI=1S/C9H10N2O/c1-7-3-4-9(6-11-7)12-8(2)5-10/h3-4,6,8H,1-2H3/t8-/m1/s1. The van der Waals surface area contributed by atoms with Gasteiger partial charge in [-0.1, -0.05) is 0 Å². The van der Waals surface area contributed by atoms with Gasteiger partial charge in [0.2, 0.25) is 0 Å². The minimum Gasteiger partial charge on any atom is -0.474 e. The van der Waals surface area contributed by atoms with Gasteiger partial charge in [-0.05, 0) is 26.0 Å². The summed E-state index contributed by atoms with van der Waals surface area (Å²) >= 11 is 0. The number of aromatic nitrogens is 1. The van der Waals surface area contributed by atoms with Crippen LogP contribution in [0, 0.1) is 18.3 Å². The van der Waals surface area contributed by atoms with Crippen LogP contribution in [0.5, 0.6) is 5.75 Å². The molecule has 62 valence electrons. The predicted octanol–water partition coefficient (Wildman–Crippen LogP) is 1.68. The molecule has 0 amide bonds. The van der Waals surface area contributed by atoms with Crippen LogP contribution in [0.1, 0.15) is 12.6 Å². The number of rotatable bonds is 2. The molecule has 3 heteroatoms. The molecule has 0 bridgehead atoms. The van der Waals surface area contributed by atoms with Crippen molar-refractivity contribution in [2.75, 3.05) is 0 Å². The lowest BCUT2D eigenvalue weighted by Gasteiger charge is -2.06. The summed E-state index contributed by atoms with van der Waals surface area (Å²) in [5.74, 6) is 0.634. The van der Waals surface area contributed by atoms with E-state index >= 15 is 0 Å². The molecule has 1 atom stereocenters. The minimum absolute atomic E-state index is 0.422. The van der Waals surface area contributed by atoms with Gasteiger partial charge in [0.05, 0.1) is 6.20 Å². The van der Waals surface area contributed by atoms with E-state index in [0.29, 0.717) is 5.75 Å². The van der Waals surface area contributed by atoms with Crippen molar-refractivity contribution < 1.29 is 4.74 Å². The largest absolute Gasteiger partial charge is 0.474 e. The number of aryl methyl sites for hydroxylation is 1. The zero-order valence-electron chi connectivity index (χ0n) is 7.11. The third-order valence-corrected chi connectivity index (χ3v) is 1.38. The Morgan fingerprint density at radius 1 is 1.58 bits per heavy atom. The molecule has 0 aliphatic carbocycles. The molecule has 0 unspecified atom stereocenters. The van der Waals surface area contributed by atoms with Gasteiger partial charge in [0, 0.05) is 5.69 Å². The summed E-state index contributed by atoms with van der Waals surface area (Å²) in [5.41, 5.74) is 0.937. The Morgan fingerprint density at radius 2 is 2.33 bits per heavy atom. The van der Waals surface area contributed by atoms with Crippen LogP contribution in [0.25, 0.3) is 0 Å². The van der Waals surface area contributed by atoms with E-state index < -0.39 is 6.10 Å². The van der Waals surface area contributed by atoms with Crippen LogP contribution >= 0.6 is 0 Å². The summed E-state index contributed by atoms with van der Waals surface area (Å²) in [6.45, 7) is 3.59. The highest BCUT2D eigenvalue weighted by Crippen LogP contribution is 2.10. The number of hydrogen-bond acceptors (Lipinski definition) is 3. The maximum atomic E-state index is 8.46. The van der Waals surface area contributed by atoms with Crippen molar-refractivity contribution in [1.82, 2.24) is 4.98 Å². The zero-order chi connectivity index (χ0) is 8.97. The summed E-state index contributed by atoms with van der Waals surface area (Å²) in [4.78, 5) is 4.03. The zero-order valence-corrected chi connectivity index (χ0v) is 7.11. The number of ether oxygens (including phenoxy) is 1. The molecule has 0 aromatic carbocycles. The molecule has 0 aliphatic rings. The minimum atomic E-state index is -0.422. The first-order chi connectivity index (χ1) is 5.72. The molecule has 1 rings (SSSR count). The topological polar surface area (TPSA) is 45.9 Å². The average Bonchev–Trinajstić information content (AvgIpc) is 2.09. The fourth-order valence-electron chi connectivity index (χ4n) is 0.754. The Kier molecular flexibility index (Phi) is 2.65. The van der Waals surface area contributed by atoms with Crippen LogP contribution in [0.4, 0.5) is 0 Å². The first-order valence-electron chi connectivity index (χ1n) is 3.71. The average molecular weight is 162 g/mol. The van der Waals surface area contributed by atoms with Crippen LogP contribution in [-0.2, 0) is 0 Å². The van der Waals surface area contributed by atoms with E-state index in [1.165, 1.54) is 0 Å². The second-order valence-corrected chi connectivity index (χ2v) is 2.52. The summed E-state index contributed by atoms with van der Waals surface area (Å²) in [6, 6.07) is 5.63. The fraction of sp³-hybridized carbons (Fsp3) is 0.333. The van der Waals surface area contributed by atoms with Gasteiger partial charge in [-0.3, -0.25) is 4.98 Å². The number of pyridine rings is 1. The molecule has 0 saturated heterocycles. The quantitative estimate of drug-likeness (QED) is 0.664. The number of nitrogens with zero attached hydrogens (tertiary/aromatic N) is 2. The van der Waals surface area contributed by atoms with Gasteiger partial charge in [0.1, 0.15) is 11.8 Å². The van der Waals surface area contributed by atoms with Gasteiger partial charge >= 0.3 is 0 Å². The third kappa shape index (κ3) is 2.24. The Morgan fingerprint density at radius 3 is 2.83 bits per heavy atom. The third-order valence-electron chi connectivity index (χ3n) is 1.38. The SMILES string of the molecule is Cc1ccc(O[C@H](C)C#N)cn1. The first-order valence-corrected chi connectivity index (χ1v) is 3.71. The van der Waals surface area contributed by atoms with Crippen molar-refractivity contribution in [3.05, 3.63) is 24.0 Å². The highest BCUT2D eigenvalue weighted by atomic mass is 16.5. The van der Waals surface area contributed by atoms with Gasteiger partial charge < -0.3 is 4.74 Å². The van der Waals surface area contributed by atoms with Gasteiger partial charge in [0.15, 0.2) is 6.10 Å². The highest BCUT2D eigenvalue weighted by Gasteiger charge is 2.00. The van der Waals surface area contributed by atoms with E-state index in [4.69, 9.17) is 10.00 Å². The molecule has 1 heterocycles. The Labute approximate surface area is 71.6 Å². The van der Waals surface area contributed by atoms with Crippen LogP contribution in [-0.4, -0.2) is 11.1 Å². The lowest BCUT2D eigenvalue weighted by Crippen LogP contribution is -2.08. The predicted molar refractivity (Wildman–Crippen MR) is 44.7 cm³/mol. The van der Waals surface area contributed by atoms with Crippen molar-refractivity contribution in [2.45, 2.75) is 20.0 Å². The summed E-state index contributed by atoms with van der Waals surface area (Å²) in [5, 5.41) is 8.46. The Balaban J connectivity index is 2.66. The van der Waals surface area contributed by atoms with Gasteiger partial charge in [-0.2, -0.15) is 5.26 Å². The first kappa shape index (κ1) is 8.54. The Bertz CT molecular complexity index is 286. The molecule has 0 aliphatic heterocycles. The van der Waals surface area contributed by atoms with Crippen molar-refractivity contribution in [2.24, 2.45) is 0 Å². The highest BCUT2D eigenvalue weighted by molar-refractivity contribution is 5.19. The molecular formula is C9H10N2O. The van der Waals surface area contributed by atoms with Crippen LogP contribution in [0.2, 0.25) is 0 Å². The van der Waals surface area contributed by atoms with Crippen molar-refractivity contribution in [3.8, 4) is 11.8 Å². The van der Waals surface area contributed by atoms with Gasteiger partial charge in [0.25, 0.3) is 0 Å². The molecule has 1 aromatic heterocycles. The molecule has 12 heavy (non-hydrogen) atoms. The summed E-state index contributed by atoms with van der Waals surface area (Å²) in [7, 11) is 0. The van der Waals surface area contributed by atoms with E-state index in [-0.39, 0.29) is 0 Å². The normalized spacial score (nSPS) is 11.8. The van der Waals surface area contributed by atoms with Crippen LogP contribution in [0.15, 0.2) is 18.3 Å². The number of hydrogen-bond donors (Lipinski definition) is 0.